The molecule has 0 amide bonds. The van der Waals surface area contributed by atoms with E-state index in [0.717, 1.165) is 14.6 Å². The molecule has 0 saturated carbocycles. The molecule has 96 valence electrons. The van der Waals surface area contributed by atoms with Crippen LogP contribution in [0.4, 0.5) is 0 Å². The molecule has 0 unspecified atom stereocenters. The smallest absolute Gasteiger partial charge is 0.223 e. The van der Waals surface area contributed by atoms with Gasteiger partial charge in [-0.2, -0.15) is 5.10 Å². The molecule has 4 nitrogen and oxygen atoms in total. The Morgan fingerprint density at radius 3 is 2.72 bits per heavy atom. The summed E-state index contributed by atoms with van der Waals surface area (Å²) in [5, 5.41) is 13.6. The summed E-state index contributed by atoms with van der Waals surface area (Å²) in [6, 6.07) is 5.64. The Morgan fingerprint density at radius 2 is 2.11 bits per heavy atom. The van der Waals surface area contributed by atoms with E-state index in [-0.39, 0.29) is 6.61 Å². The summed E-state index contributed by atoms with van der Waals surface area (Å²) in [5.74, 6) is 1.23. The summed E-state index contributed by atoms with van der Waals surface area (Å²) in [4.78, 5) is 0. The maximum Gasteiger partial charge on any atom is 0.223 e. The molecule has 6 heteroatoms. The van der Waals surface area contributed by atoms with E-state index in [4.69, 9.17) is 4.74 Å². The summed E-state index contributed by atoms with van der Waals surface area (Å²) in [6.45, 7) is 1.75. The predicted molar refractivity (Wildman–Crippen MR) is 75.8 cm³/mol. The lowest BCUT2D eigenvalue weighted by Crippen LogP contribution is -1.97. The molecule has 0 atom stereocenters. The molecule has 1 heterocycles. The Morgan fingerprint density at radius 1 is 1.39 bits per heavy atom. The maximum atomic E-state index is 9.35. The minimum absolute atomic E-state index is 0.0941. The molecule has 0 bridgehead atoms. The summed E-state index contributed by atoms with van der Waals surface area (Å²) < 4.78 is 9.23. The highest BCUT2D eigenvalue weighted by molar-refractivity contribution is 9.11. The molecule has 0 aliphatic carbocycles. The van der Waals surface area contributed by atoms with Crippen LogP contribution in [0.3, 0.4) is 0 Å². The first-order chi connectivity index (χ1) is 8.52. The van der Waals surface area contributed by atoms with Gasteiger partial charge in [-0.3, -0.25) is 0 Å². The zero-order chi connectivity index (χ0) is 13.3. The first-order valence-corrected chi connectivity index (χ1v) is 6.87. The normalized spacial score (nSPS) is 10.7. The number of halogens is 2. The van der Waals surface area contributed by atoms with Crippen molar-refractivity contribution in [2.75, 3.05) is 0 Å². The monoisotopic (exact) mass is 374 g/mol. The van der Waals surface area contributed by atoms with Gasteiger partial charge in [-0.15, -0.1) is 0 Å². The van der Waals surface area contributed by atoms with Gasteiger partial charge in [-0.25, -0.2) is 4.68 Å². The molecule has 1 aromatic carbocycles. The molecule has 0 aliphatic heterocycles. The number of nitrogens with zero attached hydrogens (tertiary/aromatic N) is 2. The standard InChI is InChI=1S/C12H12Br2N2O2/c1-7-9(6-17)12(16(2)15-7)18-11-4-3-8(13)5-10(11)14/h3-5,17H,6H2,1-2H3. The fourth-order valence-corrected chi connectivity index (χ4v) is 2.78. The quantitative estimate of drug-likeness (QED) is 0.892. The van der Waals surface area contributed by atoms with E-state index in [0.29, 0.717) is 17.2 Å². The van der Waals surface area contributed by atoms with Crippen molar-refractivity contribution >= 4 is 31.9 Å². The van der Waals surface area contributed by atoms with Crippen molar-refractivity contribution in [2.45, 2.75) is 13.5 Å². The van der Waals surface area contributed by atoms with Gasteiger partial charge in [0.15, 0.2) is 0 Å². The van der Waals surface area contributed by atoms with Crippen molar-refractivity contribution in [2.24, 2.45) is 7.05 Å². The van der Waals surface area contributed by atoms with Crippen molar-refractivity contribution in [1.29, 1.82) is 0 Å². The second-order valence-corrected chi connectivity index (χ2v) is 5.60. The summed E-state index contributed by atoms with van der Waals surface area (Å²) >= 11 is 6.82. The number of hydrogen-bond donors (Lipinski definition) is 1. The number of hydrogen-bond acceptors (Lipinski definition) is 3. The van der Waals surface area contributed by atoms with Gasteiger partial charge in [0, 0.05) is 11.5 Å². The molecule has 0 aliphatic rings. The maximum absolute atomic E-state index is 9.35. The van der Waals surface area contributed by atoms with Crippen molar-refractivity contribution in [3.63, 3.8) is 0 Å². The lowest BCUT2D eigenvalue weighted by molar-refractivity contribution is 0.274. The van der Waals surface area contributed by atoms with Gasteiger partial charge in [0.1, 0.15) is 5.75 Å². The van der Waals surface area contributed by atoms with E-state index in [1.807, 2.05) is 25.1 Å². The van der Waals surface area contributed by atoms with Gasteiger partial charge < -0.3 is 9.84 Å². The lowest BCUT2D eigenvalue weighted by atomic mass is 10.2. The van der Waals surface area contributed by atoms with Crippen molar-refractivity contribution in [3.8, 4) is 11.6 Å². The fraction of sp³-hybridized carbons (Fsp3) is 0.250. The molecular weight excluding hydrogens is 364 g/mol. The zero-order valence-electron chi connectivity index (χ0n) is 9.94. The molecule has 0 radical (unpaired) electrons. The Balaban J connectivity index is 2.39. The van der Waals surface area contributed by atoms with Crippen LogP contribution in [0, 0.1) is 6.92 Å². The van der Waals surface area contributed by atoms with Crippen LogP contribution in [0.25, 0.3) is 0 Å². The number of ether oxygens (including phenoxy) is 1. The highest BCUT2D eigenvalue weighted by Crippen LogP contribution is 2.34. The lowest BCUT2D eigenvalue weighted by Gasteiger charge is -2.09. The van der Waals surface area contributed by atoms with Gasteiger partial charge in [0.2, 0.25) is 5.88 Å². The molecule has 0 spiro atoms. The highest BCUT2D eigenvalue weighted by atomic mass is 79.9. The van der Waals surface area contributed by atoms with Crippen LogP contribution in [0.2, 0.25) is 0 Å². The molecule has 0 fully saturated rings. The largest absolute Gasteiger partial charge is 0.438 e. The minimum Gasteiger partial charge on any atom is -0.438 e. The summed E-state index contributed by atoms with van der Waals surface area (Å²) in [5.41, 5.74) is 1.47. The predicted octanol–water partition coefficient (Wildman–Crippen LogP) is 3.54. The Labute approximate surface area is 122 Å². The molecule has 2 aromatic rings. The van der Waals surface area contributed by atoms with Crippen LogP contribution in [-0.4, -0.2) is 14.9 Å². The number of aliphatic hydroxyl groups is 1. The van der Waals surface area contributed by atoms with Gasteiger partial charge in [0.05, 0.1) is 22.3 Å². The number of rotatable bonds is 3. The first-order valence-electron chi connectivity index (χ1n) is 5.29. The number of benzene rings is 1. The second kappa shape index (κ2) is 5.42. The van der Waals surface area contributed by atoms with Gasteiger partial charge in [-0.05, 0) is 41.1 Å². The molecule has 1 N–H and O–H groups in total. The minimum atomic E-state index is -0.0941. The average molecular weight is 376 g/mol. The van der Waals surface area contributed by atoms with Crippen LogP contribution < -0.4 is 4.74 Å². The Bertz CT molecular complexity index is 582. The third-order valence-corrected chi connectivity index (χ3v) is 3.66. The number of aliphatic hydroxyl groups excluding tert-OH is 1. The van der Waals surface area contributed by atoms with Gasteiger partial charge in [-0.1, -0.05) is 15.9 Å². The van der Waals surface area contributed by atoms with E-state index < -0.39 is 0 Å². The van der Waals surface area contributed by atoms with Crippen LogP contribution in [-0.2, 0) is 13.7 Å². The van der Waals surface area contributed by atoms with Crippen LogP contribution in [0.5, 0.6) is 11.6 Å². The van der Waals surface area contributed by atoms with Gasteiger partial charge >= 0.3 is 0 Å². The third-order valence-electron chi connectivity index (χ3n) is 2.55. The second-order valence-electron chi connectivity index (χ2n) is 3.83. The SMILES string of the molecule is Cc1nn(C)c(Oc2ccc(Br)cc2Br)c1CO. The number of aryl methyl sites for hydroxylation is 2. The van der Waals surface area contributed by atoms with Crippen molar-refractivity contribution in [1.82, 2.24) is 9.78 Å². The fourth-order valence-electron chi connectivity index (χ4n) is 1.65. The highest BCUT2D eigenvalue weighted by Gasteiger charge is 2.15. The van der Waals surface area contributed by atoms with E-state index in [1.165, 1.54) is 0 Å². The molecule has 0 saturated heterocycles. The third kappa shape index (κ3) is 2.60. The molecule has 18 heavy (non-hydrogen) atoms. The Kier molecular flexibility index (Phi) is 4.09. The van der Waals surface area contributed by atoms with Crippen LogP contribution >= 0.6 is 31.9 Å². The van der Waals surface area contributed by atoms with E-state index in [1.54, 1.807) is 11.7 Å². The first kappa shape index (κ1) is 13.6. The van der Waals surface area contributed by atoms with E-state index >= 15 is 0 Å². The number of aromatic nitrogens is 2. The Hall–Kier alpha value is -0.850. The zero-order valence-corrected chi connectivity index (χ0v) is 13.1. The van der Waals surface area contributed by atoms with Crippen LogP contribution in [0.15, 0.2) is 27.1 Å². The summed E-state index contributed by atoms with van der Waals surface area (Å²) in [6.07, 6.45) is 0. The van der Waals surface area contributed by atoms with E-state index in [2.05, 4.69) is 37.0 Å². The van der Waals surface area contributed by atoms with E-state index in [9.17, 15) is 5.11 Å². The van der Waals surface area contributed by atoms with Crippen LogP contribution in [0.1, 0.15) is 11.3 Å². The molecule has 2 rings (SSSR count). The van der Waals surface area contributed by atoms with Crippen molar-refractivity contribution < 1.29 is 9.84 Å². The van der Waals surface area contributed by atoms with Crippen molar-refractivity contribution in [3.05, 3.63) is 38.4 Å². The molecular formula is C12H12Br2N2O2. The molecule has 1 aromatic heterocycles. The topological polar surface area (TPSA) is 47.3 Å². The van der Waals surface area contributed by atoms with Gasteiger partial charge in [0.25, 0.3) is 0 Å². The average Bonchev–Trinajstić information content (AvgIpc) is 2.57. The summed E-state index contributed by atoms with van der Waals surface area (Å²) in [7, 11) is 1.79.